The van der Waals surface area contributed by atoms with Gasteiger partial charge in [0.2, 0.25) is 5.95 Å². The van der Waals surface area contributed by atoms with Crippen molar-refractivity contribution in [2.45, 2.75) is 20.3 Å². The Hall–Kier alpha value is -2.56. The highest BCUT2D eigenvalue weighted by Crippen LogP contribution is 2.18. The lowest BCUT2D eigenvalue weighted by molar-refractivity contribution is 0.820. The standard InChI is InChI=1S/C18H23N5/c1-3-23(4-2)18-20-12-10-17(22-18)19-11-9-14-13-21-16-8-6-5-7-15(14)16/h5-8,10,12-13,21H,3-4,9,11H2,1-2H3,(H,19,20,22). The number of anilines is 2. The van der Waals surface area contributed by atoms with Crippen molar-refractivity contribution in [3.05, 3.63) is 48.3 Å². The minimum absolute atomic E-state index is 0.784. The summed E-state index contributed by atoms with van der Waals surface area (Å²) in [7, 11) is 0. The first-order valence-corrected chi connectivity index (χ1v) is 8.18. The molecule has 2 aromatic heterocycles. The number of H-pyrrole nitrogens is 1. The zero-order valence-corrected chi connectivity index (χ0v) is 13.7. The number of nitrogens with zero attached hydrogens (tertiary/aromatic N) is 3. The van der Waals surface area contributed by atoms with Crippen LogP contribution in [0.4, 0.5) is 11.8 Å². The van der Waals surface area contributed by atoms with Crippen LogP contribution in [0, 0.1) is 0 Å². The fourth-order valence-electron chi connectivity index (χ4n) is 2.77. The first kappa shape index (κ1) is 15.3. The molecule has 0 saturated carbocycles. The predicted octanol–water partition coefficient (Wildman–Crippen LogP) is 3.46. The Morgan fingerprint density at radius 3 is 2.78 bits per heavy atom. The fourth-order valence-corrected chi connectivity index (χ4v) is 2.77. The van der Waals surface area contributed by atoms with Gasteiger partial charge in [0.25, 0.3) is 0 Å². The third-order valence-electron chi connectivity index (χ3n) is 4.06. The summed E-state index contributed by atoms with van der Waals surface area (Å²) in [6, 6.07) is 10.3. The van der Waals surface area contributed by atoms with Crippen LogP contribution in [-0.4, -0.2) is 34.6 Å². The largest absolute Gasteiger partial charge is 0.370 e. The molecule has 0 aliphatic rings. The molecule has 5 heteroatoms. The molecular weight excluding hydrogens is 286 g/mol. The molecule has 0 fully saturated rings. The Kier molecular flexibility index (Phi) is 4.76. The van der Waals surface area contributed by atoms with Crippen molar-refractivity contribution in [2.24, 2.45) is 0 Å². The van der Waals surface area contributed by atoms with Crippen LogP contribution in [0.5, 0.6) is 0 Å². The third-order valence-corrected chi connectivity index (χ3v) is 4.06. The molecule has 5 nitrogen and oxygen atoms in total. The van der Waals surface area contributed by atoms with Gasteiger partial charge in [0.05, 0.1) is 0 Å². The summed E-state index contributed by atoms with van der Waals surface area (Å²) in [5, 5.41) is 4.69. The van der Waals surface area contributed by atoms with Crippen LogP contribution in [-0.2, 0) is 6.42 Å². The van der Waals surface area contributed by atoms with Gasteiger partial charge in [-0.2, -0.15) is 4.98 Å². The first-order valence-electron chi connectivity index (χ1n) is 8.18. The number of aromatic amines is 1. The van der Waals surface area contributed by atoms with E-state index in [9.17, 15) is 0 Å². The number of benzene rings is 1. The molecule has 0 atom stereocenters. The van der Waals surface area contributed by atoms with Crippen LogP contribution in [0.1, 0.15) is 19.4 Å². The highest BCUT2D eigenvalue weighted by atomic mass is 15.3. The summed E-state index contributed by atoms with van der Waals surface area (Å²) < 4.78 is 0. The average Bonchev–Trinajstić information content (AvgIpc) is 3.00. The van der Waals surface area contributed by atoms with Crippen LogP contribution in [0.15, 0.2) is 42.7 Å². The lowest BCUT2D eigenvalue weighted by Gasteiger charge is -2.18. The number of para-hydroxylation sites is 1. The minimum Gasteiger partial charge on any atom is -0.370 e. The molecule has 0 radical (unpaired) electrons. The van der Waals surface area contributed by atoms with Crippen molar-refractivity contribution in [2.75, 3.05) is 29.9 Å². The smallest absolute Gasteiger partial charge is 0.227 e. The van der Waals surface area contributed by atoms with Crippen molar-refractivity contribution in [1.29, 1.82) is 0 Å². The van der Waals surface area contributed by atoms with Crippen molar-refractivity contribution in [1.82, 2.24) is 15.0 Å². The van der Waals surface area contributed by atoms with E-state index in [1.807, 2.05) is 12.3 Å². The molecule has 0 saturated heterocycles. The van der Waals surface area contributed by atoms with Gasteiger partial charge in [-0.1, -0.05) is 18.2 Å². The van der Waals surface area contributed by atoms with E-state index in [-0.39, 0.29) is 0 Å². The molecule has 0 aliphatic carbocycles. The quantitative estimate of drug-likeness (QED) is 0.702. The molecule has 0 unspecified atom stereocenters. The molecule has 3 rings (SSSR count). The van der Waals surface area contributed by atoms with E-state index in [1.165, 1.54) is 16.5 Å². The second-order valence-electron chi connectivity index (χ2n) is 5.45. The number of aromatic nitrogens is 3. The van der Waals surface area contributed by atoms with Gasteiger partial charge in [0.15, 0.2) is 0 Å². The monoisotopic (exact) mass is 309 g/mol. The third kappa shape index (κ3) is 3.44. The lowest BCUT2D eigenvalue weighted by atomic mass is 10.1. The van der Waals surface area contributed by atoms with E-state index in [2.05, 4.69) is 69.5 Å². The summed E-state index contributed by atoms with van der Waals surface area (Å²) in [5.41, 5.74) is 2.51. The number of hydrogen-bond donors (Lipinski definition) is 2. The van der Waals surface area contributed by atoms with Crippen LogP contribution in [0.3, 0.4) is 0 Å². The SMILES string of the molecule is CCN(CC)c1nccc(NCCc2c[nH]c3ccccc23)n1. The van der Waals surface area contributed by atoms with Gasteiger partial charge >= 0.3 is 0 Å². The Labute approximate surface area is 136 Å². The van der Waals surface area contributed by atoms with Crippen LogP contribution >= 0.6 is 0 Å². The summed E-state index contributed by atoms with van der Waals surface area (Å²) in [6.07, 6.45) is 4.86. The molecule has 2 heterocycles. The summed E-state index contributed by atoms with van der Waals surface area (Å²) >= 11 is 0. The second-order valence-corrected chi connectivity index (χ2v) is 5.45. The normalized spacial score (nSPS) is 10.9. The molecule has 2 N–H and O–H groups in total. The van der Waals surface area contributed by atoms with Gasteiger partial charge in [0.1, 0.15) is 5.82 Å². The van der Waals surface area contributed by atoms with Gasteiger partial charge in [-0.3, -0.25) is 0 Å². The molecule has 23 heavy (non-hydrogen) atoms. The van der Waals surface area contributed by atoms with Crippen LogP contribution in [0.25, 0.3) is 10.9 Å². The average molecular weight is 309 g/mol. The summed E-state index contributed by atoms with van der Waals surface area (Å²) in [6.45, 7) is 6.90. The zero-order chi connectivity index (χ0) is 16.1. The Morgan fingerprint density at radius 2 is 1.96 bits per heavy atom. The van der Waals surface area contributed by atoms with Crippen molar-refractivity contribution < 1.29 is 0 Å². The van der Waals surface area contributed by atoms with Crippen molar-refractivity contribution in [3.8, 4) is 0 Å². The van der Waals surface area contributed by atoms with Gasteiger partial charge < -0.3 is 15.2 Å². The Balaban J connectivity index is 1.63. The van der Waals surface area contributed by atoms with Crippen LogP contribution < -0.4 is 10.2 Å². The molecule has 0 bridgehead atoms. The number of rotatable bonds is 7. The topological polar surface area (TPSA) is 56.8 Å². The molecule has 0 amide bonds. The van der Waals surface area contributed by atoms with E-state index in [4.69, 9.17) is 0 Å². The first-order chi connectivity index (χ1) is 11.3. The molecular formula is C18H23N5. The highest BCUT2D eigenvalue weighted by molar-refractivity contribution is 5.83. The van der Waals surface area contributed by atoms with E-state index < -0.39 is 0 Å². The fraction of sp³-hybridized carbons (Fsp3) is 0.333. The maximum atomic E-state index is 4.59. The maximum absolute atomic E-state index is 4.59. The van der Waals surface area contributed by atoms with Gasteiger partial charge in [0, 0.05) is 42.9 Å². The predicted molar refractivity (Wildman–Crippen MR) is 96.1 cm³/mol. The number of nitrogens with one attached hydrogen (secondary N) is 2. The highest BCUT2D eigenvalue weighted by Gasteiger charge is 2.06. The molecule has 0 spiro atoms. The number of hydrogen-bond acceptors (Lipinski definition) is 4. The van der Waals surface area contributed by atoms with Gasteiger partial charge in [-0.15, -0.1) is 0 Å². The van der Waals surface area contributed by atoms with Crippen LogP contribution in [0.2, 0.25) is 0 Å². The van der Waals surface area contributed by atoms with Gasteiger partial charge in [-0.05, 0) is 38.0 Å². The van der Waals surface area contributed by atoms with E-state index >= 15 is 0 Å². The minimum atomic E-state index is 0.784. The number of fused-ring (bicyclic) bond motifs is 1. The summed E-state index contributed by atoms with van der Waals surface area (Å²) in [5.74, 6) is 1.66. The molecule has 0 aliphatic heterocycles. The van der Waals surface area contributed by atoms with E-state index in [1.54, 1.807) is 0 Å². The van der Waals surface area contributed by atoms with Crippen molar-refractivity contribution in [3.63, 3.8) is 0 Å². The summed E-state index contributed by atoms with van der Waals surface area (Å²) in [4.78, 5) is 14.4. The molecule has 3 aromatic rings. The van der Waals surface area contributed by atoms with E-state index in [0.717, 1.165) is 37.8 Å². The van der Waals surface area contributed by atoms with E-state index in [0.29, 0.717) is 0 Å². The second kappa shape index (κ2) is 7.13. The Morgan fingerprint density at radius 1 is 1.13 bits per heavy atom. The lowest BCUT2D eigenvalue weighted by Crippen LogP contribution is -2.24. The van der Waals surface area contributed by atoms with Gasteiger partial charge in [-0.25, -0.2) is 4.98 Å². The maximum Gasteiger partial charge on any atom is 0.227 e. The molecule has 120 valence electrons. The van der Waals surface area contributed by atoms with Crippen molar-refractivity contribution >= 4 is 22.7 Å². The zero-order valence-electron chi connectivity index (χ0n) is 13.7. The molecule has 1 aromatic carbocycles. The Bertz CT molecular complexity index is 761.